The zero-order valence-electron chi connectivity index (χ0n) is 15.2. The molecule has 6 nitrogen and oxygen atoms in total. The normalized spacial score (nSPS) is 14.7. The first-order valence-electron chi connectivity index (χ1n) is 8.90. The van der Waals surface area contributed by atoms with Crippen molar-refractivity contribution in [2.45, 2.75) is 6.92 Å². The van der Waals surface area contributed by atoms with Crippen LogP contribution in [0.4, 0.5) is 21.5 Å². The van der Waals surface area contributed by atoms with Crippen LogP contribution in [0.2, 0.25) is 0 Å². The highest BCUT2D eigenvalue weighted by Gasteiger charge is 2.20. The van der Waals surface area contributed by atoms with Crippen LogP contribution in [-0.2, 0) is 9.59 Å². The van der Waals surface area contributed by atoms with Crippen LogP contribution in [-0.4, -0.2) is 49.4 Å². The monoisotopic (exact) mass is 370 g/mol. The van der Waals surface area contributed by atoms with Crippen molar-refractivity contribution in [3.8, 4) is 0 Å². The number of carbonyl (C=O) groups excluding carboxylic acids is 2. The average Bonchev–Trinajstić information content (AvgIpc) is 2.62. The van der Waals surface area contributed by atoms with Crippen LogP contribution in [0.1, 0.15) is 6.92 Å². The van der Waals surface area contributed by atoms with E-state index in [4.69, 9.17) is 0 Å². The van der Waals surface area contributed by atoms with Gasteiger partial charge in [-0.2, -0.15) is 0 Å². The van der Waals surface area contributed by atoms with Gasteiger partial charge in [0.25, 0.3) is 0 Å². The topological polar surface area (TPSA) is 64.7 Å². The molecule has 2 aromatic rings. The molecule has 0 spiro atoms. The van der Waals surface area contributed by atoms with Crippen LogP contribution in [0.5, 0.6) is 0 Å². The highest BCUT2D eigenvalue weighted by molar-refractivity contribution is 5.94. The second-order valence-electron chi connectivity index (χ2n) is 6.52. The van der Waals surface area contributed by atoms with Gasteiger partial charge < -0.3 is 15.5 Å². The van der Waals surface area contributed by atoms with Gasteiger partial charge in [0, 0.05) is 44.5 Å². The maximum atomic E-state index is 13.9. The van der Waals surface area contributed by atoms with E-state index in [1.807, 2.05) is 15.9 Å². The summed E-state index contributed by atoms with van der Waals surface area (Å²) in [6, 6.07) is 13.8. The molecule has 27 heavy (non-hydrogen) atoms. The van der Waals surface area contributed by atoms with Gasteiger partial charge in [0.2, 0.25) is 11.8 Å². The van der Waals surface area contributed by atoms with Crippen molar-refractivity contribution in [3.63, 3.8) is 0 Å². The molecule has 0 radical (unpaired) electrons. The van der Waals surface area contributed by atoms with Crippen molar-refractivity contribution in [2.75, 3.05) is 48.3 Å². The van der Waals surface area contributed by atoms with E-state index in [-0.39, 0.29) is 24.2 Å². The zero-order valence-corrected chi connectivity index (χ0v) is 15.2. The Morgan fingerprint density at radius 3 is 2.30 bits per heavy atom. The molecule has 142 valence electrons. The fraction of sp³-hybridized carbons (Fsp3) is 0.300. The largest absolute Gasteiger partial charge is 0.367 e. The lowest BCUT2D eigenvalue weighted by molar-refractivity contribution is -0.117. The maximum absolute atomic E-state index is 13.9. The average molecular weight is 370 g/mol. The van der Waals surface area contributed by atoms with E-state index in [0.29, 0.717) is 43.2 Å². The second-order valence-corrected chi connectivity index (χ2v) is 6.52. The number of benzene rings is 2. The van der Waals surface area contributed by atoms with Gasteiger partial charge in [-0.25, -0.2) is 4.39 Å². The zero-order chi connectivity index (χ0) is 19.2. The maximum Gasteiger partial charge on any atom is 0.238 e. The molecule has 2 amide bonds. The third-order valence-electron chi connectivity index (χ3n) is 4.40. The van der Waals surface area contributed by atoms with Crippen molar-refractivity contribution in [2.24, 2.45) is 0 Å². The Balaban J connectivity index is 1.50. The van der Waals surface area contributed by atoms with Crippen molar-refractivity contribution >= 4 is 28.9 Å². The summed E-state index contributed by atoms with van der Waals surface area (Å²) in [6.07, 6.45) is 0. The number of anilines is 3. The van der Waals surface area contributed by atoms with E-state index in [1.165, 1.54) is 13.0 Å². The minimum Gasteiger partial charge on any atom is -0.367 e. The smallest absolute Gasteiger partial charge is 0.238 e. The Morgan fingerprint density at radius 2 is 1.63 bits per heavy atom. The van der Waals surface area contributed by atoms with Crippen LogP contribution in [0.15, 0.2) is 48.5 Å². The van der Waals surface area contributed by atoms with Crippen LogP contribution < -0.4 is 15.5 Å². The summed E-state index contributed by atoms with van der Waals surface area (Å²) >= 11 is 0. The van der Waals surface area contributed by atoms with Crippen molar-refractivity contribution in [1.29, 1.82) is 0 Å². The number of rotatable bonds is 5. The quantitative estimate of drug-likeness (QED) is 0.849. The summed E-state index contributed by atoms with van der Waals surface area (Å²) in [5, 5.41) is 5.54. The Morgan fingerprint density at radius 1 is 0.963 bits per heavy atom. The molecular formula is C20H23FN4O2. The SMILES string of the molecule is CC(=O)Nc1cccc(NC(=O)CN2CCN(c3ccccc3F)CC2)c1. The Labute approximate surface area is 158 Å². The first-order valence-corrected chi connectivity index (χ1v) is 8.90. The number of nitrogens with one attached hydrogen (secondary N) is 2. The van der Waals surface area contributed by atoms with E-state index in [9.17, 15) is 14.0 Å². The highest BCUT2D eigenvalue weighted by Crippen LogP contribution is 2.20. The van der Waals surface area contributed by atoms with E-state index in [2.05, 4.69) is 10.6 Å². The summed E-state index contributed by atoms with van der Waals surface area (Å²) in [5.41, 5.74) is 1.88. The van der Waals surface area contributed by atoms with E-state index in [1.54, 1.807) is 36.4 Å². The number of halogens is 1. The van der Waals surface area contributed by atoms with Gasteiger partial charge in [-0.15, -0.1) is 0 Å². The van der Waals surface area contributed by atoms with E-state index < -0.39 is 0 Å². The highest BCUT2D eigenvalue weighted by atomic mass is 19.1. The van der Waals surface area contributed by atoms with Crippen molar-refractivity contribution in [1.82, 2.24) is 4.90 Å². The Hall–Kier alpha value is -2.93. The molecule has 0 atom stereocenters. The fourth-order valence-corrected chi connectivity index (χ4v) is 3.14. The molecule has 2 N–H and O–H groups in total. The molecular weight excluding hydrogens is 347 g/mol. The predicted octanol–water partition coefficient (Wildman–Crippen LogP) is 2.54. The number of hydrogen-bond donors (Lipinski definition) is 2. The van der Waals surface area contributed by atoms with E-state index in [0.717, 1.165) is 0 Å². The van der Waals surface area contributed by atoms with Gasteiger partial charge in [0.1, 0.15) is 5.82 Å². The molecule has 0 saturated carbocycles. The molecule has 1 aliphatic heterocycles. The number of nitrogens with zero attached hydrogens (tertiary/aromatic N) is 2. The van der Waals surface area contributed by atoms with Crippen LogP contribution in [0.3, 0.4) is 0 Å². The number of para-hydroxylation sites is 1. The number of hydrogen-bond acceptors (Lipinski definition) is 4. The lowest BCUT2D eigenvalue weighted by Crippen LogP contribution is -2.48. The summed E-state index contributed by atoms with van der Waals surface area (Å²) in [5.74, 6) is -0.497. The lowest BCUT2D eigenvalue weighted by Gasteiger charge is -2.35. The summed E-state index contributed by atoms with van der Waals surface area (Å²) in [7, 11) is 0. The molecule has 3 rings (SSSR count). The van der Waals surface area contributed by atoms with Crippen LogP contribution in [0.25, 0.3) is 0 Å². The molecule has 0 aliphatic carbocycles. The number of carbonyl (C=O) groups is 2. The third-order valence-corrected chi connectivity index (χ3v) is 4.40. The van der Waals surface area contributed by atoms with Gasteiger partial charge in [-0.3, -0.25) is 14.5 Å². The van der Waals surface area contributed by atoms with Crippen LogP contribution in [0, 0.1) is 5.82 Å². The van der Waals surface area contributed by atoms with Gasteiger partial charge in [-0.1, -0.05) is 18.2 Å². The Kier molecular flexibility index (Phi) is 6.03. The number of piperazine rings is 1. The minimum atomic E-state index is -0.220. The summed E-state index contributed by atoms with van der Waals surface area (Å²) < 4.78 is 13.9. The fourth-order valence-electron chi connectivity index (χ4n) is 3.14. The summed E-state index contributed by atoms with van der Waals surface area (Å²) in [4.78, 5) is 27.5. The molecule has 0 bridgehead atoms. The Bertz CT molecular complexity index is 819. The molecule has 7 heteroatoms. The molecule has 1 heterocycles. The third kappa shape index (κ3) is 5.27. The van der Waals surface area contributed by atoms with Gasteiger partial charge in [0.05, 0.1) is 12.2 Å². The second kappa shape index (κ2) is 8.64. The minimum absolute atomic E-state index is 0.116. The molecule has 0 aromatic heterocycles. The molecule has 0 unspecified atom stereocenters. The lowest BCUT2D eigenvalue weighted by atomic mass is 10.2. The molecule has 1 fully saturated rings. The molecule has 1 aliphatic rings. The standard InChI is InChI=1S/C20H23FN4O2/c1-15(26)22-16-5-4-6-17(13-16)23-20(27)14-24-9-11-25(12-10-24)19-8-3-2-7-18(19)21/h2-8,13H,9-12,14H2,1H3,(H,22,26)(H,23,27). The molecule has 1 saturated heterocycles. The predicted molar refractivity (Wildman–Crippen MR) is 104 cm³/mol. The van der Waals surface area contributed by atoms with E-state index >= 15 is 0 Å². The van der Waals surface area contributed by atoms with Gasteiger partial charge >= 0.3 is 0 Å². The first-order chi connectivity index (χ1) is 13.0. The molecule has 2 aromatic carbocycles. The van der Waals surface area contributed by atoms with Gasteiger partial charge in [0.15, 0.2) is 0 Å². The van der Waals surface area contributed by atoms with Crippen molar-refractivity contribution < 1.29 is 14.0 Å². The number of amides is 2. The van der Waals surface area contributed by atoms with Crippen molar-refractivity contribution in [3.05, 3.63) is 54.3 Å². The summed E-state index contributed by atoms with van der Waals surface area (Å²) in [6.45, 7) is 4.43. The first kappa shape index (κ1) is 18.8. The van der Waals surface area contributed by atoms with Crippen LogP contribution >= 0.6 is 0 Å². The van der Waals surface area contributed by atoms with Gasteiger partial charge in [-0.05, 0) is 30.3 Å².